The van der Waals surface area contributed by atoms with Gasteiger partial charge in [0.15, 0.2) is 5.41 Å². The largest absolute Gasteiger partial charge is 0.465 e. The second kappa shape index (κ2) is 9.91. The number of halogens is 1. The topological polar surface area (TPSA) is 117 Å². The molecule has 0 aromatic heterocycles. The maximum absolute atomic E-state index is 13.9. The first-order chi connectivity index (χ1) is 17.3. The molecule has 0 saturated carbocycles. The van der Waals surface area contributed by atoms with Gasteiger partial charge >= 0.3 is 23.9 Å². The average molecular weight is 516 g/mol. The predicted octanol–water partition coefficient (Wildman–Crippen LogP) is 3.10. The highest BCUT2D eigenvalue weighted by Gasteiger charge is 2.79. The number of rotatable bonds is 7. The lowest BCUT2D eigenvalue weighted by Gasteiger charge is -2.41. The van der Waals surface area contributed by atoms with E-state index in [1.54, 1.807) is 51.1 Å². The molecular formula is C26H26ClNO8. The lowest BCUT2D eigenvalue weighted by Crippen LogP contribution is -2.61. The average Bonchev–Trinajstić information content (AvgIpc) is 3.21. The van der Waals surface area contributed by atoms with Crippen LogP contribution < -0.4 is 10.1 Å². The fourth-order valence-corrected chi connectivity index (χ4v) is 5.34. The van der Waals surface area contributed by atoms with Crippen molar-refractivity contribution >= 4 is 35.5 Å². The third-order valence-corrected chi connectivity index (χ3v) is 6.71. The second-order valence-electron chi connectivity index (χ2n) is 8.33. The Kier molecular flexibility index (Phi) is 7.06. The van der Waals surface area contributed by atoms with Crippen LogP contribution in [0, 0.1) is 5.41 Å². The molecule has 0 unspecified atom stereocenters. The molecule has 0 aliphatic carbocycles. The molecular weight excluding hydrogens is 490 g/mol. The molecule has 2 heterocycles. The molecule has 2 aromatic carbocycles. The normalized spacial score (nSPS) is 23.6. The van der Waals surface area contributed by atoms with Gasteiger partial charge in [-0.25, -0.2) is 9.59 Å². The van der Waals surface area contributed by atoms with Gasteiger partial charge in [0.1, 0.15) is 5.75 Å². The molecule has 36 heavy (non-hydrogen) atoms. The quantitative estimate of drug-likeness (QED) is 0.257. The van der Waals surface area contributed by atoms with Gasteiger partial charge in [-0.15, -0.1) is 0 Å². The Balaban J connectivity index is 2.14. The summed E-state index contributed by atoms with van der Waals surface area (Å²) >= 11 is 6.31. The van der Waals surface area contributed by atoms with Crippen LogP contribution in [0.25, 0.3) is 0 Å². The van der Waals surface area contributed by atoms with E-state index < -0.39 is 46.8 Å². The molecule has 3 atom stereocenters. The Hall–Kier alpha value is -3.43. The number of carbonyl (C=O) groups excluding carboxylic acids is 4. The van der Waals surface area contributed by atoms with Crippen LogP contribution in [0.3, 0.4) is 0 Å². The van der Waals surface area contributed by atoms with Gasteiger partial charge in [-0.1, -0.05) is 41.9 Å². The molecule has 0 bridgehead atoms. The zero-order valence-corrected chi connectivity index (χ0v) is 20.8. The molecule has 2 aliphatic heterocycles. The third kappa shape index (κ3) is 3.65. The Bertz CT molecular complexity index is 1180. The maximum atomic E-state index is 13.9. The van der Waals surface area contributed by atoms with Crippen LogP contribution >= 0.6 is 11.6 Å². The smallest absolute Gasteiger partial charge is 0.338 e. The van der Waals surface area contributed by atoms with E-state index in [1.807, 2.05) is 0 Å². The van der Waals surface area contributed by atoms with E-state index in [0.29, 0.717) is 5.56 Å². The van der Waals surface area contributed by atoms with Crippen molar-refractivity contribution in [3.05, 3.63) is 64.7 Å². The number of hydrogen-bond acceptors (Lipinski definition) is 9. The first kappa shape index (κ1) is 25.7. The van der Waals surface area contributed by atoms with Crippen LogP contribution in [0.4, 0.5) is 0 Å². The van der Waals surface area contributed by atoms with Crippen molar-refractivity contribution in [2.24, 2.45) is 5.41 Å². The van der Waals surface area contributed by atoms with Gasteiger partial charge in [0.2, 0.25) is 5.54 Å². The van der Waals surface area contributed by atoms with E-state index >= 15 is 0 Å². The van der Waals surface area contributed by atoms with Crippen LogP contribution in [0.2, 0.25) is 5.02 Å². The fourth-order valence-electron chi connectivity index (χ4n) is 5.16. The van der Waals surface area contributed by atoms with E-state index in [-0.39, 0.29) is 36.2 Å². The summed E-state index contributed by atoms with van der Waals surface area (Å²) in [4.78, 5) is 55.2. The highest BCUT2D eigenvalue weighted by Crippen LogP contribution is 2.62. The molecule has 0 radical (unpaired) electrons. The van der Waals surface area contributed by atoms with E-state index in [0.717, 1.165) is 0 Å². The summed E-state index contributed by atoms with van der Waals surface area (Å²) in [6, 6.07) is 11.7. The first-order valence-corrected chi connectivity index (χ1v) is 12.0. The monoisotopic (exact) mass is 515 g/mol. The standard InChI is InChI=1S/C26H26ClNO8/c1-4-33-21(29)25-19(17-14-16(27)12-13-18(17)36-22(25)30)26(23(31)34-5-2,24(32)35-6-3)28-20(25)15-10-8-7-9-11-15/h7-14,19-20,28H,4-6H2,1-3H3/t19-,20-,25+/m0/s1. The SMILES string of the molecule is CCOC(=O)C1(C(=O)OCC)N[C@@H](c2ccccc2)[C@]2(C(=O)OCC)C(=O)Oc3ccc(Cl)cc3[C@H]12. The number of fused-ring (bicyclic) bond motifs is 3. The molecule has 0 spiro atoms. The van der Waals surface area contributed by atoms with Crippen molar-refractivity contribution in [3.63, 3.8) is 0 Å². The molecule has 4 rings (SSSR count). The van der Waals surface area contributed by atoms with Crippen molar-refractivity contribution in [1.82, 2.24) is 5.32 Å². The molecule has 0 amide bonds. The van der Waals surface area contributed by atoms with E-state index in [1.165, 1.54) is 18.2 Å². The second-order valence-corrected chi connectivity index (χ2v) is 8.77. The summed E-state index contributed by atoms with van der Waals surface area (Å²) in [7, 11) is 0. The molecule has 190 valence electrons. The minimum atomic E-state index is -2.29. The minimum Gasteiger partial charge on any atom is -0.465 e. The van der Waals surface area contributed by atoms with Crippen molar-refractivity contribution in [2.75, 3.05) is 19.8 Å². The van der Waals surface area contributed by atoms with Crippen LogP contribution in [0.5, 0.6) is 5.75 Å². The van der Waals surface area contributed by atoms with E-state index in [2.05, 4.69) is 5.32 Å². The van der Waals surface area contributed by atoms with Gasteiger partial charge in [-0.3, -0.25) is 14.9 Å². The predicted molar refractivity (Wildman–Crippen MR) is 127 cm³/mol. The summed E-state index contributed by atoms with van der Waals surface area (Å²) in [6.07, 6.45) is 0. The van der Waals surface area contributed by atoms with Crippen LogP contribution in [0.15, 0.2) is 48.5 Å². The van der Waals surface area contributed by atoms with Crippen molar-refractivity contribution in [3.8, 4) is 5.75 Å². The number of hydrogen-bond donors (Lipinski definition) is 1. The fraction of sp³-hybridized carbons (Fsp3) is 0.385. The Labute approximate surface area is 213 Å². The van der Waals surface area contributed by atoms with Crippen molar-refractivity contribution < 1.29 is 38.1 Å². The highest BCUT2D eigenvalue weighted by molar-refractivity contribution is 6.30. The molecule has 1 fully saturated rings. The van der Waals surface area contributed by atoms with Gasteiger partial charge in [0.05, 0.1) is 31.8 Å². The van der Waals surface area contributed by atoms with Crippen LogP contribution in [0.1, 0.15) is 43.9 Å². The zero-order chi connectivity index (χ0) is 26.1. The van der Waals surface area contributed by atoms with Gasteiger partial charge in [0, 0.05) is 10.6 Å². The van der Waals surface area contributed by atoms with Crippen LogP contribution in [-0.2, 0) is 33.4 Å². The number of ether oxygens (including phenoxy) is 4. The number of nitrogens with one attached hydrogen (secondary N) is 1. The van der Waals surface area contributed by atoms with E-state index in [4.69, 9.17) is 30.5 Å². The van der Waals surface area contributed by atoms with Gasteiger partial charge in [-0.05, 0) is 44.5 Å². The summed E-state index contributed by atoms with van der Waals surface area (Å²) in [6.45, 7) is 4.56. The zero-order valence-electron chi connectivity index (χ0n) is 20.0. The number of esters is 4. The third-order valence-electron chi connectivity index (χ3n) is 6.48. The molecule has 1 saturated heterocycles. The lowest BCUT2D eigenvalue weighted by atomic mass is 9.62. The van der Waals surface area contributed by atoms with Gasteiger partial charge in [-0.2, -0.15) is 0 Å². The maximum Gasteiger partial charge on any atom is 0.338 e. The molecule has 2 aromatic rings. The lowest BCUT2D eigenvalue weighted by molar-refractivity contribution is -0.174. The van der Waals surface area contributed by atoms with Gasteiger partial charge in [0.25, 0.3) is 0 Å². The Morgan fingerprint density at radius 1 is 0.917 bits per heavy atom. The van der Waals surface area contributed by atoms with Crippen molar-refractivity contribution in [1.29, 1.82) is 0 Å². The summed E-state index contributed by atoms with van der Waals surface area (Å²) in [5.41, 5.74) is -3.83. The molecule has 2 aliphatic rings. The van der Waals surface area contributed by atoms with Gasteiger partial charge < -0.3 is 18.9 Å². The Morgan fingerprint density at radius 3 is 2.08 bits per heavy atom. The van der Waals surface area contributed by atoms with E-state index in [9.17, 15) is 19.2 Å². The number of benzene rings is 2. The number of carbonyl (C=O) groups is 4. The van der Waals surface area contributed by atoms with Crippen LogP contribution in [-0.4, -0.2) is 49.2 Å². The summed E-state index contributed by atoms with van der Waals surface area (Å²) in [5, 5.41) is 3.25. The summed E-state index contributed by atoms with van der Waals surface area (Å²) < 4.78 is 21.8. The highest BCUT2D eigenvalue weighted by atomic mass is 35.5. The molecule has 9 nitrogen and oxygen atoms in total. The molecule has 10 heteroatoms. The van der Waals surface area contributed by atoms with Crippen molar-refractivity contribution in [2.45, 2.75) is 38.3 Å². The molecule has 1 N–H and O–H groups in total. The first-order valence-electron chi connectivity index (χ1n) is 11.6. The Morgan fingerprint density at radius 2 is 1.50 bits per heavy atom. The minimum absolute atomic E-state index is 0.0582. The summed E-state index contributed by atoms with van der Waals surface area (Å²) in [5.74, 6) is -5.33.